The van der Waals surface area contributed by atoms with Crippen LogP contribution in [0.4, 0.5) is 0 Å². The van der Waals surface area contributed by atoms with Gasteiger partial charge in [-0.3, -0.25) is 4.79 Å². The van der Waals surface area contributed by atoms with Crippen molar-refractivity contribution in [1.82, 2.24) is 9.62 Å². The second-order valence-corrected chi connectivity index (χ2v) is 8.43. The van der Waals surface area contributed by atoms with Crippen molar-refractivity contribution in [1.29, 1.82) is 0 Å². The summed E-state index contributed by atoms with van der Waals surface area (Å²) < 4.78 is 32.2. The van der Waals surface area contributed by atoms with Crippen molar-refractivity contribution in [3.05, 3.63) is 64.7 Å². The Morgan fingerprint density at radius 1 is 1.19 bits per heavy atom. The molecule has 0 radical (unpaired) electrons. The number of amides is 1. The summed E-state index contributed by atoms with van der Waals surface area (Å²) in [5, 5.41) is 3.15. The molecule has 1 amide bonds. The molecule has 8 heteroatoms. The maximum absolute atomic E-state index is 13.1. The Kier molecular flexibility index (Phi) is 7.79. The molecule has 2 aromatic carbocycles. The lowest BCUT2D eigenvalue weighted by Gasteiger charge is -2.22. The molecule has 0 atom stereocenters. The number of halogens is 1. The number of sulfonamides is 1. The van der Waals surface area contributed by atoms with E-state index in [-0.39, 0.29) is 18.0 Å². The number of hydrogen-bond donors (Lipinski definition) is 1. The van der Waals surface area contributed by atoms with Crippen molar-refractivity contribution in [3.63, 3.8) is 0 Å². The molecule has 2 aromatic rings. The molecule has 0 aliphatic carbocycles. The van der Waals surface area contributed by atoms with Gasteiger partial charge in [0.1, 0.15) is 0 Å². The minimum atomic E-state index is -3.86. The molecule has 0 saturated heterocycles. The van der Waals surface area contributed by atoms with Gasteiger partial charge in [0.25, 0.3) is 0 Å². The van der Waals surface area contributed by atoms with Crippen LogP contribution in [-0.4, -0.2) is 45.4 Å². The van der Waals surface area contributed by atoms with Gasteiger partial charge in [-0.05, 0) is 36.8 Å². The van der Waals surface area contributed by atoms with Gasteiger partial charge in [0.2, 0.25) is 15.9 Å². The van der Waals surface area contributed by atoms with Crippen molar-refractivity contribution in [2.75, 3.05) is 26.8 Å². The lowest BCUT2D eigenvalue weighted by atomic mass is 10.2. The van der Waals surface area contributed by atoms with E-state index in [1.165, 1.54) is 7.11 Å². The summed E-state index contributed by atoms with van der Waals surface area (Å²) >= 11 is 6.01. The van der Waals surface area contributed by atoms with Gasteiger partial charge in [-0.15, -0.1) is 0 Å². The molecular formula is C19H23ClN2O4S. The quantitative estimate of drug-likeness (QED) is 0.645. The average Bonchev–Trinajstić information content (AvgIpc) is 2.62. The first-order chi connectivity index (χ1) is 12.8. The largest absolute Gasteiger partial charge is 0.383 e. The number of ether oxygens (including phenoxy) is 1. The molecule has 0 spiro atoms. The first-order valence-corrected chi connectivity index (χ1v) is 10.2. The highest BCUT2D eigenvalue weighted by atomic mass is 35.5. The molecule has 0 aliphatic heterocycles. The van der Waals surface area contributed by atoms with Gasteiger partial charge >= 0.3 is 0 Å². The van der Waals surface area contributed by atoms with E-state index in [2.05, 4.69) is 5.32 Å². The highest BCUT2D eigenvalue weighted by Crippen LogP contribution is 2.20. The van der Waals surface area contributed by atoms with Crippen molar-refractivity contribution in [3.8, 4) is 0 Å². The molecule has 0 unspecified atom stereocenters. The minimum absolute atomic E-state index is 0.0362. The molecule has 27 heavy (non-hydrogen) atoms. The van der Waals surface area contributed by atoms with Gasteiger partial charge in [-0.25, -0.2) is 8.42 Å². The summed E-state index contributed by atoms with van der Waals surface area (Å²) in [4.78, 5) is 12.4. The molecule has 0 bridgehead atoms. The minimum Gasteiger partial charge on any atom is -0.383 e. The predicted molar refractivity (Wildman–Crippen MR) is 105 cm³/mol. The van der Waals surface area contributed by atoms with E-state index in [4.69, 9.17) is 16.3 Å². The zero-order chi connectivity index (χ0) is 19.9. The Balaban J connectivity index is 2.27. The fourth-order valence-electron chi connectivity index (χ4n) is 2.43. The standard InChI is InChI=1S/C19H23ClN2O4S/c1-15-6-8-18(9-7-15)27(24,25)22(14-19(23)21-10-11-26-2)13-16-4-3-5-17(20)12-16/h3-9,12H,10-11,13-14H2,1-2H3,(H,21,23). The van der Waals surface area contributed by atoms with E-state index in [9.17, 15) is 13.2 Å². The maximum atomic E-state index is 13.1. The fraction of sp³-hybridized carbons (Fsp3) is 0.316. The lowest BCUT2D eigenvalue weighted by Crippen LogP contribution is -2.41. The van der Waals surface area contributed by atoms with E-state index >= 15 is 0 Å². The highest BCUT2D eigenvalue weighted by molar-refractivity contribution is 7.89. The van der Waals surface area contributed by atoms with Gasteiger partial charge in [0.05, 0.1) is 18.0 Å². The molecule has 0 heterocycles. The van der Waals surface area contributed by atoms with E-state index in [0.29, 0.717) is 23.7 Å². The van der Waals surface area contributed by atoms with Gasteiger partial charge < -0.3 is 10.1 Å². The number of nitrogens with one attached hydrogen (secondary N) is 1. The Bertz CT molecular complexity index is 870. The summed E-state index contributed by atoms with van der Waals surface area (Å²) in [5.74, 6) is -0.398. The Labute approximate surface area is 165 Å². The van der Waals surface area contributed by atoms with Crippen molar-refractivity contribution < 1.29 is 17.9 Å². The second kappa shape index (κ2) is 9.85. The number of aryl methyl sites for hydroxylation is 1. The summed E-state index contributed by atoms with van der Waals surface area (Å²) in [6.45, 7) is 2.28. The van der Waals surface area contributed by atoms with Crippen LogP contribution < -0.4 is 5.32 Å². The van der Waals surface area contributed by atoms with Crippen LogP contribution in [0, 0.1) is 6.92 Å². The molecule has 2 rings (SSSR count). The monoisotopic (exact) mass is 410 g/mol. The third-order valence-corrected chi connectivity index (χ3v) is 5.90. The lowest BCUT2D eigenvalue weighted by molar-refractivity contribution is -0.121. The third kappa shape index (κ3) is 6.32. The topological polar surface area (TPSA) is 75.7 Å². The smallest absolute Gasteiger partial charge is 0.243 e. The molecule has 1 N–H and O–H groups in total. The number of carbonyl (C=O) groups is 1. The Morgan fingerprint density at radius 3 is 2.52 bits per heavy atom. The predicted octanol–water partition coefficient (Wildman–Crippen LogP) is 2.60. The number of rotatable bonds is 9. The van der Waals surface area contributed by atoms with Gasteiger partial charge in [-0.1, -0.05) is 41.4 Å². The molecule has 6 nitrogen and oxygen atoms in total. The SMILES string of the molecule is COCCNC(=O)CN(Cc1cccc(Cl)c1)S(=O)(=O)c1ccc(C)cc1. The van der Waals surface area contributed by atoms with E-state index in [1.54, 1.807) is 48.5 Å². The number of hydrogen-bond acceptors (Lipinski definition) is 4. The molecule has 0 fully saturated rings. The highest BCUT2D eigenvalue weighted by Gasteiger charge is 2.26. The van der Waals surface area contributed by atoms with Gasteiger partial charge in [0, 0.05) is 25.2 Å². The number of carbonyl (C=O) groups excluding carboxylic acids is 1. The van der Waals surface area contributed by atoms with Crippen molar-refractivity contribution >= 4 is 27.5 Å². The van der Waals surface area contributed by atoms with Crippen molar-refractivity contribution in [2.45, 2.75) is 18.4 Å². The zero-order valence-corrected chi connectivity index (χ0v) is 16.9. The first kappa shape index (κ1) is 21.4. The third-order valence-electron chi connectivity index (χ3n) is 3.86. The van der Waals surface area contributed by atoms with Crippen LogP contribution >= 0.6 is 11.6 Å². The van der Waals surface area contributed by atoms with Crippen LogP contribution in [0.15, 0.2) is 53.4 Å². The number of methoxy groups -OCH3 is 1. The summed E-state index contributed by atoms with van der Waals surface area (Å²) in [5.41, 5.74) is 1.65. The van der Waals surface area contributed by atoms with Gasteiger partial charge in [-0.2, -0.15) is 4.31 Å². The Morgan fingerprint density at radius 2 is 1.89 bits per heavy atom. The summed E-state index contributed by atoms with van der Waals surface area (Å²) in [7, 11) is -2.33. The number of nitrogens with zero attached hydrogens (tertiary/aromatic N) is 1. The molecule has 0 saturated carbocycles. The summed E-state index contributed by atoms with van der Waals surface area (Å²) in [6, 6.07) is 13.4. The average molecular weight is 411 g/mol. The number of benzene rings is 2. The van der Waals surface area contributed by atoms with Crippen LogP contribution in [0.25, 0.3) is 0 Å². The molecule has 0 aliphatic rings. The van der Waals surface area contributed by atoms with Crippen LogP contribution in [0.1, 0.15) is 11.1 Å². The maximum Gasteiger partial charge on any atom is 0.243 e. The van der Waals surface area contributed by atoms with Crippen LogP contribution in [-0.2, 0) is 26.1 Å². The fourth-order valence-corrected chi connectivity index (χ4v) is 4.03. The molecule has 0 aromatic heterocycles. The second-order valence-electron chi connectivity index (χ2n) is 6.06. The van der Waals surface area contributed by atoms with Crippen molar-refractivity contribution in [2.24, 2.45) is 0 Å². The Hall–Kier alpha value is -1.93. The van der Waals surface area contributed by atoms with Gasteiger partial charge in [0.15, 0.2) is 0 Å². The molecule has 146 valence electrons. The normalized spacial score (nSPS) is 11.6. The van der Waals surface area contributed by atoms with Crippen LogP contribution in [0.2, 0.25) is 5.02 Å². The summed E-state index contributed by atoms with van der Waals surface area (Å²) in [6.07, 6.45) is 0. The van der Waals surface area contributed by atoms with E-state index in [1.807, 2.05) is 6.92 Å². The zero-order valence-electron chi connectivity index (χ0n) is 15.3. The van der Waals surface area contributed by atoms with Crippen LogP contribution in [0.5, 0.6) is 0 Å². The van der Waals surface area contributed by atoms with E-state index < -0.39 is 15.9 Å². The molecular weight excluding hydrogens is 388 g/mol. The van der Waals surface area contributed by atoms with Crippen LogP contribution in [0.3, 0.4) is 0 Å². The van der Waals surface area contributed by atoms with E-state index in [0.717, 1.165) is 9.87 Å². The first-order valence-electron chi connectivity index (χ1n) is 8.40.